The Kier molecular flexibility index (Phi) is 3.92. The summed E-state index contributed by atoms with van der Waals surface area (Å²) < 4.78 is 11.5. The van der Waals surface area contributed by atoms with Gasteiger partial charge < -0.3 is 9.15 Å². The Morgan fingerprint density at radius 2 is 2.39 bits per heavy atom. The van der Waals surface area contributed by atoms with E-state index in [0.717, 1.165) is 5.82 Å². The number of carbonyl (C=O) groups excluding carboxylic acids is 1. The summed E-state index contributed by atoms with van der Waals surface area (Å²) in [5, 5.41) is 11.6. The van der Waals surface area contributed by atoms with Crippen molar-refractivity contribution in [3.05, 3.63) is 18.0 Å². The summed E-state index contributed by atoms with van der Waals surface area (Å²) in [5.74, 6) is 0.546. The largest absolute Gasteiger partial charge is 0.459 e. The quantitative estimate of drug-likeness (QED) is 0.577. The zero-order valence-corrected chi connectivity index (χ0v) is 10.7. The van der Waals surface area contributed by atoms with E-state index < -0.39 is 5.97 Å². The van der Waals surface area contributed by atoms with Crippen molar-refractivity contribution in [1.82, 2.24) is 25.0 Å². The summed E-state index contributed by atoms with van der Waals surface area (Å²) in [6.45, 7) is 1.97. The van der Waals surface area contributed by atoms with E-state index in [4.69, 9.17) is 9.15 Å². The van der Waals surface area contributed by atoms with Crippen LogP contribution >= 0.6 is 11.8 Å². The van der Waals surface area contributed by atoms with Crippen LogP contribution < -0.4 is 0 Å². The van der Waals surface area contributed by atoms with Gasteiger partial charge in [-0.3, -0.25) is 4.68 Å². The van der Waals surface area contributed by atoms with Crippen molar-refractivity contribution in [2.24, 2.45) is 7.05 Å². The lowest BCUT2D eigenvalue weighted by Crippen LogP contribution is -2.04. The van der Waals surface area contributed by atoms with Gasteiger partial charge >= 0.3 is 11.9 Å². The van der Waals surface area contributed by atoms with Gasteiger partial charge in [-0.05, 0) is 6.92 Å². The first-order chi connectivity index (χ1) is 8.70. The van der Waals surface area contributed by atoms with Gasteiger partial charge in [0.1, 0.15) is 12.2 Å². The van der Waals surface area contributed by atoms with Gasteiger partial charge in [-0.15, -0.1) is 5.10 Å². The summed E-state index contributed by atoms with van der Waals surface area (Å²) in [6.07, 6.45) is 1.47. The van der Waals surface area contributed by atoms with Crippen LogP contribution in [0.25, 0.3) is 0 Å². The molecule has 2 aromatic heterocycles. The average molecular weight is 269 g/mol. The van der Waals surface area contributed by atoms with E-state index in [1.807, 2.05) is 0 Å². The molecule has 0 N–H and O–H groups in total. The minimum Gasteiger partial charge on any atom is -0.459 e. The predicted octanol–water partition coefficient (Wildman–Crippen LogP) is 0.667. The van der Waals surface area contributed by atoms with E-state index in [-0.39, 0.29) is 12.5 Å². The van der Waals surface area contributed by atoms with Crippen molar-refractivity contribution in [1.29, 1.82) is 0 Å². The Labute approximate surface area is 107 Å². The molecule has 0 aliphatic carbocycles. The summed E-state index contributed by atoms with van der Waals surface area (Å²) in [5.41, 5.74) is 0. The second-order valence-electron chi connectivity index (χ2n) is 3.18. The maximum absolute atomic E-state index is 11.3. The van der Waals surface area contributed by atoms with Crippen molar-refractivity contribution in [2.45, 2.75) is 17.9 Å². The SMILES string of the molecule is CCOC(=O)c1nnc(SCc2ncnn2C)o1. The second kappa shape index (κ2) is 5.63. The lowest BCUT2D eigenvalue weighted by Gasteiger charge is -1.96. The van der Waals surface area contributed by atoms with Crippen LogP contribution in [-0.2, 0) is 17.5 Å². The topological polar surface area (TPSA) is 95.9 Å². The summed E-state index contributed by atoms with van der Waals surface area (Å²) in [4.78, 5) is 15.3. The van der Waals surface area contributed by atoms with Crippen LogP contribution in [0, 0.1) is 0 Å². The maximum atomic E-state index is 11.3. The van der Waals surface area contributed by atoms with Crippen LogP contribution in [0.15, 0.2) is 16.0 Å². The van der Waals surface area contributed by atoms with E-state index in [2.05, 4.69) is 20.3 Å². The van der Waals surface area contributed by atoms with E-state index in [9.17, 15) is 4.79 Å². The number of hydrogen-bond acceptors (Lipinski definition) is 8. The number of rotatable bonds is 5. The molecule has 0 saturated heterocycles. The van der Waals surface area contributed by atoms with Gasteiger partial charge in [-0.1, -0.05) is 16.9 Å². The highest BCUT2D eigenvalue weighted by atomic mass is 32.2. The zero-order chi connectivity index (χ0) is 13.0. The molecule has 0 aromatic carbocycles. The van der Waals surface area contributed by atoms with Gasteiger partial charge in [0.2, 0.25) is 0 Å². The molecule has 0 aliphatic rings. The van der Waals surface area contributed by atoms with E-state index in [0.29, 0.717) is 11.0 Å². The molecule has 0 fully saturated rings. The van der Waals surface area contributed by atoms with Crippen LogP contribution in [0.1, 0.15) is 23.4 Å². The lowest BCUT2D eigenvalue weighted by molar-refractivity contribution is 0.0475. The average Bonchev–Trinajstić information content (AvgIpc) is 2.96. The van der Waals surface area contributed by atoms with Crippen molar-refractivity contribution in [2.75, 3.05) is 6.61 Å². The van der Waals surface area contributed by atoms with Gasteiger partial charge in [0, 0.05) is 7.05 Å². The smallest absolute Gasteiger partial charge is 0.396 e. The molecule has 2 aromatic rings. The molecule has 0 spiro atoms. The first-order valence-electron chi connectivity index (χ1n) is 5.17. The number of aromatic nitrogens is 5. The van der Waals surface area contributed by atoms with Gasteiger partial charge in [-0.2, -0.15) is 5.10 Å². The normalized spacial score (nSPS) is 10.6. The highest BCUT2D eigenvalue weighted by molar-refractivity contribution is 7.98. The van der Waals surface area contributed by atoms with E-state index in [1.165, 1.54) is 18.1 Å². The fourth-order valence-electron chi connectivity index (χ4n) is 1.12. The third-order valence-electron chi connectivity index (χ3n) is 1.99. The second-order valence-corrected chi connectivity index (χ2v) is 4.11. The highest BCUT2D eigenvalue weighted by Gasteiger charge is 2.16. The number of thioether (sulfide) groups is 1. The maximum Gasteiger partial charge on any atom is 0.396 e. The molecular formula is C9H11N5O3S. The van der Waals surface area contributed by atoms with Crippen molar-refractivity contribution < 1.29 is 13.9 Å². The Balaban J connectivity index is 1.95. The number of aryl methyl sites for hydroxylation is 1. The molecule has 0 radical (unpaired) electrons. The van der Waals surface area contributed by atoms with Crippen molar-refractivity contribution in [3.8, 4) is 0 Å². The first kappa shape index (κ1) is 12.6. The minimum atomic E-state index is -0.615. The fraction of sp³-hybridized carbons (Fsp3) is 0.444. The molecule has 2 rings (SSSR count). The van der Waals surface area contributed by atoms with Crippen LogP contribution in [0.2, 0.25) is 0 Å². The Morgan fingerprint density at radius 3 is 3.06 bits per heavy atom. The molecule has 0 saturated carbocycles. The van der Waals surface area contributed by atoms with Crippen LogP contribution in [0.4, 0.5) is 0 Å². The van der Waals surface area contributed by atoms with Gasteiger partial charge in [-0.25, -0.2) is 9.78 Å². The summed E-state index contributed by atoms with van der Waals surface area (Å²) in [7, 11) is 1.79. The third kappa shape index (κ3) is 2.86. The first-order valence-corrected chi connectivity index (χ1v) is 6.15. The molecule has 0 aliphatic heterocycles. The Bertz CT molecular complexity index is 538. The van der Waals surface area contributed by atoms with Crippen LogP contribution in [0.3, 0.4) is 0 Å². The molecule has 8 nitrogen and oxygen atoms in total. The number of nitrogens with zero attached hydrogens (tertiary/aromatic N) is 5. The molecule has 96 valence electrons. The summed E-state index contributed by atoms with van der Waals surface area (Å²) >= 11 is 1.28. The van der Waals surface area contributed by atoms with Gasteiger partial charge in [0.15, 0.2) is 0 Å². The standard InChI is InChI=1S/C9H11N5O3S/c1-3-16-8(15)7-12-13-9(17-7)18-4-6-10-5-11-14(6)2/h5H,3-4H2,1-2H3. The van der Waals surface area contributed by atoms with Gasteiger partial charge in [0.05, 0.1) is 12.4 Å². The number of hydrogen-bond donors (Lipinski definition) is 0. The Hall–Kier alpha value is -1.90. The van der Waals surface area contributed by atoms with Gasteiger partial charge in [0.25, 0.3) is 5.22 Å². The molecule has 2 heterocycles. The number of ether oxygens (including phenoxy) is 1. The Morgan fingerprint density at radius 1 is 1.56 bits per heavy atom. The summed E-state index contributed by atoms with van der Waals surface area (Å²) in [6, 6.07) is 0. The number of carbonyl (C=O) groups is 1. The molecule has 0 atom stereocenters. The van der Waals surface area contributed by atoms with E-state index in [1.54, 1.807) is 18.7 Å². The highest BCUT2D eigenvalue weighted by Crippen LogP contribution is 2.20. The van der Waals surface area contributed by atoms with E-state index >= 15 is 0 Å². The third-order valence-corrected chi connectivity index (χ3v) is 2.80. The minimum absolute atomic E-state index is 0.141. The van der Waals surface area contributed by atoms with Crippen LogP contribution in [-0.4, -0.2) is 37.5 Å². The molecule has 9 heteroatoms. The molecule has 18 heavy (non-hydrogen) atoms. The van der Waals surface area contributed by atoms with Crippen LogP contribution in [0.5, 0.6) is 0 Å². The predicted molar refractivity (Wildman–Crippen MR) is 60.8 cm³/mol. The van der Waals surface area contributed by atoms with Crippen molar-refractivity contribution >= 4 is 17.7 Å². The fourth-order valence-corrected chi connectivity index (χ4v) is 1.87. The van der Waals surface area contributed by atoms with Crippen molar-refractivity contribution in [3.63, 3.8) is 0 Å². The monoisotopic (exact) mass is 269 g/mol. The zero-order valence-electron chi connectivity index (χ0n) is 9.86. The number of esters is 1. The lowest BCUT2D eigenvalue weighted by atomic mass is 10.7. The molecule has 0 amide bonds. The molecule has 0 bridgehead atoms. The molecule has 0 unspecified atom stereocenters. The molecular weight excluding hydrogens is 258 g/mol.